The summed E-state index contributed by atoms with van der Waals surface area (Å²) in [5.74, 6) is 6.59. The van der Waals surface area contributed by atoms with Crippen LogP contribution in [0, 0.1) is 35.5 Å². The molecule has 0 aromatic carbocycles. The molecule has 3 aliphatic rings. The molecule has 6 unspecified atom stereocenters. The van der Waals surface area contributed by atoms with E-state index in [1.165, 1.54) is 25.7 Å². The first-order chi connectivity index (χ1) is 7.27. The second-order valence-corrected chi connectivity index (χ2v) is 6.73. The molecule has 3 fully saturated rings. The normalized spacial score (nSPS) is 54.8. The SMILES string of the molecule is CC1CCCC2CC3CCCC(C)C3C12. The highest BCUT2D eigenvalue weighted by Gasteiger charge is 2.49. The second kappa shape index (κ2) is 3.79. The lowest BCUT2D eigenvalue weighted by Gasteiger charge is -2.40. The molecule has 3 rings (SSSR count). The van der Waals surface area contributed by atoms with E-state index in [9.17, 15) is 0 Å². The van der Waals surface area contributed by atoms with Crippen LogP contribution in [0.5, 0.6) is 0 Å². The van der Waals surface area contributed by atoms with Crippen LogP contribution in [-0.2, 0) is 0 Å². The molecule has 0 aromatic rings. The second-order valence-electron chi connectivity index (χ2n) is 6.73. The van der Waals surface area contributed by atoms with Crippen molar-refractivity contribution < 1.29 is 0 Å². The maximum absolute atomic E-state index is 2.54. The molecule has 0 heteroatoms. The Labute approximate surface area is 94.8 Å². The molecule has 0 spiro atoms. The molecule has 3 aliphatic carbocycles. The van der Waals surface area contributed by atoms with Crippen molar-refractivity contribution in [3.8, 4) is 0 Å². The maximum atomic E-state index is 2.54. The first-order valence-electron chi connectivity index (χ1n) is 7.27. The van der Waals surface area contributed by atoms with Crippen LogP contribution >= 0.6 is 0 Å². The van der Waals surface area contributed by atoms with E-state index >= 15 is 0 Å². The Kier molecular flexibility index (Phi) is 2.57. The molecule has 6 atom stereocenters. The minimum atomic E-state index is 1.04. The average Bonchev–Trinajstić information content (AvgIpc) is 2.58. The maximum Gasteiger partial charge on any atom is -0.0326 e. The van der Waals surface area contributed by atoms with Gasteiger partial charge in [0.15, 0.2) is 0 Å². The van der Waals surface area contributed by atoms with Crippen molar-refractivity contribution in [3.63, 3.8) is 0 Å². The van der Waals surface area contributed by atoms with E-state index in [-0.39, 0.29) is 0 Å². The van der Waals surface area contributed by atoms with Gasteiger partial charge in [0.25, 0.3) is 0 Å². The summed E-state index contributed by atoms with van der Waals surface area (Å²) < 4.78 is 0. The van der Waals surface area contributed by atoms with Crippen LogP contribution in [-0.4, -0.2) is 0 Å². The Morgan fingerprint density at radius 3 is 1.60 bits per heavy atom. The third-order valence-corrected chi connectivity index (χ3v) is 5.92. The molecular formula is C15H26. The predicted octanol–water partition coefficient (Wildman–Crippen LogP) is 4.49. The van der Waals surface area contributed by atoms with Gasteiger partial charge in [0.1, 0.15) is 0 Å². The lowest BCUT2D eigenvalue weighted by molar-refractivity contribution is 0.0879. The first kappa shape index (κ1) is 10.2. The fourth-order valence-corrected chi connectivity index (χ4v) is 5.43. The van der Waals surface area contributed by atoms with E-state index in [0.29, 0.717) is 0 Å². The third kappa shape index (κ3) is 1.56. The summed E-state index contributed by atoms with van der Waals surface area (Å²) in [5, 5.41) is 0. The molecule has 0 bridgehead atoms. The Balaban J connectivity index is 1.84. The monoisotopic (exact) mass is 206 g/mol. The lowest BCUT2D eigenvalue weighted by atomic mass is 9.65. The minimum absolute atomic E-state index is 1.04. The molecule has 0 amide bonds. The van der Waals surface area contributed by atoms with Crippen LogP contribution in [0.25, 0.3) is 0 Å². The molecule has 0 heterocycles. The predicted molar refractivity (Wildman–Crippen MR) is 64.6 cm³/mol. The van der Waals surface area contributed by atoms with Crippen molar-refractivity contribution in [2.45, 2.75) is 58.8 Å². The summed E-state index contributed by atoms with van der Waals surface area (Å²) in [4.78, 5) is 0. The number of rotatable bonds is 0. The van der Waals surface area contributed by atoms with Crippen LogP contribution in [0.3, 0.4) is 0 Å². The highest BCUT2D eigenvalue weighted by molar-refractivity contribution is 4.98. The standard InChI is InChI=1S/C15H26/c1-10-5-3-7-12-9-13-8-4-6-11(2)15(13)14(10)12/h10-15H,3-9H2,1-2H3. The van der Waals surface area contributed by atoms with E-state index < -0.39 is 0 Å². The zero-order valence-corrected chi connectivity index (χ0v) is 10.4. The topological polar surface area (TPSA) is 0 Å². The fourth-order valence-electron chi connectivity index (χ4n) is 5.43. The van der Waals surface area contributed by atoms with Gasteiger partial charge in [-0.15, -0.1) is 0 Å². The van der Waals surface area contributed by atoms with E-state index in [0.717, 1.165) is 35.5 Å². The van der Waals surface area contributed by atoms with Gasteiger partial charge in [0.05, 0.1) is 0 Å². The largest absolute Gasteiger partial charge is 0.0622 e. The molecule has 15 heavy (non-hydrogen) atoms. The van der Waals surface area contributed by atoms with Gasteiger partial charge in [0.2, 0.25) is 0 Å². The summed E-state index contributed by atoms with van der Waals surface area (Å²) in [5.41, 5.74) is 0. The minimum Gasteiger partial charge on any atom is -0.0622 e. The van der Waals surface area contributed by atoms with Crippen LogP contribution in [0.2, 0.25) is 0 Å². The van der Waals surface area contributed by atoms with Gasteiger partial charge in [-0.3, -0.25) is 0 Å². The lowest BCUT2D eigenvalue weighted by Crippen LogP contribution is -2.33. The molecule has 0 aromatic heterocycles. The Morgan fingerprint density at radius 1 is 0.667 bits per heavy atom. The fraction of sp³-hybridized carbons (Fsp3) is 1.00. The molecule has 3 saturated carbocycles. The zero-order chi connectivity index (χ0) is 10.4. The van der Waals surface area contributed by atoms with Crippen molar-refractivity contribution in [2.24, 2.45) is 35.5 Å². The zero-order valence-electron chi connectivity index (χ0n) is 10.4. The van der Waals surface area contributed by atoms with Crippen molar-refractivity contribution in [2.75, 3.05) is 0 Å². The highest BCUT2D eigenvalue weighted by Crippen LogP contribution is 2.57. The van der Waals surface area contributed by atoms with Gasteiger partial charge >= 0.3 is 0 Å². The van der Waals surface area contributed by atoms with Gasteiger partial charge < -0.3 is 0 Å². The van der Waals surface area contributed by atoms with Gasteiger partial charge in [-0.25, -0.2) is 0 Å². The Bertz CT molecular complexity index is 208. The van der Waals surface area contributed by atoms with Gasteiger partial charge in [-0.2, -0.15) is 0 Å². The summed E-state index contributed by atoms with van der Waals surface area (Å²) in [7, 11) is 0. The smallest absolute Gasteiger partial charge is 0.0326 e. The number of hydrogen-bond donors (Lipinski definition) is 0. The molecule has 86 valence electrons. The van der Waals surface area contributed by atoms with Gasteiger partial charge in [0, 0.05) is 0 Å². The van der Waals surface area contributed by atoms with E-state index in [1.54, 1.807) is 19.3 Å². The molecule has 0 nitrogen and oxygen atoms in total. The van der Waals surface area contributed by atoms with Crippen LogP contribution < -0.4 is 0 Å². The van der Waals surface area contributed by atoms with Crippen molar-refractivity contribution in [1.82, 2.24) is 0 Å². The van der Waals surface area contributed by atoms with Gasteiger partial charge in [-0.1, -0.05) is 52.4 Å². The van der Waals surface area contributed by atoms with E-state index in [2.05, 4.69) is 13.8 Å². The molecule has 0 radical (unpaired) electrons. The van der Waals surface area contributed by atoms with Gasteiger partial charge in [-0.05, 0) is 41.9 Å². The molecule has 0 aliphatic heterocycles. The summed E-state index contributed by atoms with van der Waals surface area (Å²) >= 11 is 0. The highest BCUT2D eigenvalue weighted by atomic mass is 14.5. The van der Waals surface area contributed by atoms with E-state index in [1.807, 2.05) is 0 Å². The van der Waals surface area contributed by atoms with Crippen molar-refractivity contribution in [3.05, 3.63) is 0 Å². The number of fused-ring (bicyclic) bond motifs is 3. The number of hydrogen-bond acceptors (Lipinski definition) is 0. The molecule has 0 saturated heterocycles. The summed E-state index contributed by atoms with van der Waals surface area (Å²) in [6.45, 7) is 5.08. The molecular weight excluding hydrogens is 180 g/mol. The summed E-state index contributed by atoms with van der Waals surface area (Å²) in [6.07, 6.45) is 10.8. The Hall–Kier alpha value is 0. The Morgan fingerprint density at radius 2 is 1.13 bits per heavy atom. The van der Waals surface area contributed by atoms with Crippen LogP contribution in [0.15, 0.2) is 0 Å². The first-order valence-corrected chi connectivity index (χ1v) is 7.27. The third-order valence-electron chi connectivity index (χ3n) is 5.92. The van der Waals surface area contributed by atoms with Crippen LogP contribution in [0.1, 0.15) is 58.8 Å². The molecule has 0 N–H and O–H groups in total. The quantitative estimate of drug-likeness (QED) is 0.547. The van der Waals surface area contributed by atoms with E-state index in [4.69, 9.17) is 0 Å². The summed E-state index contributed by atoms with van der Waals surface area (Å²) in [6, 6.07) is 0. The van der Waals surface area contributed by atoms with Crippen molar-refractivity contribution >= 4 is 0 Å². The average molecular weight is 206 g/mol. The van der Waals surface area contributed by atoms with Crippen LogP contribution in [0.4, 0.5) is 0 Å². The van der Waals surface area contributed by atoms with Crippen molar-refractivity contribution in [1.29, 1.82) is 0 Å².